The molecule has 0 atom stereocenters. The maximum Gasteiger partial charge on any atom is 0.265 e. The molecule has 1 amide bonds. The second kappa shape index (κ2) is 4.00. The summed E-state index contributed by atoms with van der Waals surface area (Å²) < 4.78 is 12.7. The number of carbonyl (C=O) groups excluding carboxylic acids is 1. The lowest BCUT2D eigenvalue weighted by Gasteiger charge is -2.11. The van der Waals surface area contributed by atoms with Gasteiger partial charge in [-0.05, 0) is 18.2 Å². The van der Waals surface area contributed by atoms with Gasteiger partial charge in [0.2, 0.25) is 0 Å². The first-order valence-electron chi connectivity index (χ1n) is 3.83. The first-order valence-corrected chi connectivity index (χ1v) is 3.83. The van der Waals surface area contributed by atoms with Gasteiger partial charge >= 0.3 is 0 Å². The van der Waals surface area contributed by atoms with Crippen LogP contribution in [0.1, 0.15) is 10.4 Å². The average Bonchev–Trinajstić information content (AvgIpc) is 2.03. The molecule has 4 heteroatoms. The Kier molecular flexibility index (Phi) is 2.97. The van der Waals surface area contributed by atoms with Gasteiger partial charge in [-0.1, -0.05) is 6.07 Å². The summed E-state index contributed by atoms with van der Waals surface area (Å²) in [7, 11) is 3.38. The molecule has 0 saturated carbocycles. The van der Waals surface area contributed by atoms with E-state index in [4.69, 9.17) is 0 Å². The van der Waals surface area contributed by atoms with Crippen LogP contribution in [0, 0.1) is 5.82 Å². The van der Waals surface area contributed by atoms with Gasteiger partial charge < -0.3 is 0 Å². The van der Waals surface area contributed by atoms with Crippen LogP contribution in [0.15, 0.2) is 24.3 Å². The van der Waals surface area contributed by atoms with Crippen molar-refractivity contribution in [1.82, 2.24) is 10.4 Å². The van der Waals surface area contributed by atoms with E-state index in [9.17, 15) is 9.18 Å². The molecule has 1 aromatic rings. The number of hydrogen-bond acceptors (Lipinski definition) is 2. The molecule has 0 fully saturated rings. The Morgan fingerprint density at radius 3 is 2.69 bits per heavy atom. The Bertz CT molecular complexity index is 312. The van der Waals surface area contributed by atoms with Crippen molar-refractivity contribution in [1.29, 1.82) is 0 Å². The summed E-state index contributed by atoms with van der Waals surface area (Å²) >= 11 is 0. The number of carbonyl (C=O) groups is 1. The minimum Gasteiger partial charge on any atom is -0.285 e. The number of benzene rings is 1. The Hall–Kier alpha value is -1.42. The van der Waals surface area contributed by atoms with Crippen molar-refractivity contribution in [2.24, 2.45) is 0 Å². The highest BCUT2D eigenvalue weighted by Gasteiger charge is 2.05. The maximum atomic E-state index is 12.7. The first kappa shape index (κ1) is 9.67. The SMILES string of the molecule is CN(C)NC(=O)c1cccc(F)c1. The van der Waals surface area contributed by atoms with E-state index in [1.165, 1.54) is 23.2 Å². The van der Waals surface area contributed by atoms with E-state index in [1.807, 2.05) is 0 Å². The van der Waals surface area contributed by atoms with Gasteiger partial charge in [0.15, 0.2) is 0 Å². The zero-order valence-corrected chi connectivity index (χ0v) is 7.54. The molecule has 0 heterocycles. The van der Waals surface area contributed by atoms with Gasteiger partial charge in [-0.2, -0.15) is 0 Å². The summed E-state index contributed by atoms with van der Waals surface area (Å²) in [6.45, 7) is 0. The standard InChI is InChI=1S/C9H11FN2O/c1-12(2)11-9(13)7-4-3-5-8(10)6-7/h3-6H,1-2H3,(H,11,13). The van der Waals surface area contributed by atoms with E-state index in [2.05, 4.69) is 5.43 Å². The molecule has 13 heavy (non-hydrogen) atoms. The second-order valence-electron chi connectivity index (χ2n) is 2.85. The molecule has 0 spiro atoms. The van der Waals surface area contributed by atoms with Gasteiger partial charge in [-0.15, -0.1) is 0 Å². The third kappa shape index (κ3) is 2.83. The number of nitrogens with one attached hydrogen (secondary N) is 1. The van der Waals surface area contributed by atoms with Gasteiger partial charge in [0.25, 0.3) is 5.91 Å². The van der Waals surface area contributed by atoms with Crippen LogP contribution in [-0.2, 0) is 0 Å². The minimum absolute atomic E-state index is 0.314. The van der Waals surface area contributed by atoms with Crippen LogP contribution in [0.3, 0.4) is 0 Å². The van der Waals surface area contributed by atoms with Gasteiger partial charge in [0.1, 0.15) is 5.82 Å². The third-order valence-electron chi connectivity index (χ3n) is 1.41. The van der Waals surface area contributed by atoms with Crippen molar-refractivity contribution in [3.8, 4) is 0 Å². The molecule has 1 rings (SSSR count). The van der Waals surface area contributed by atoms with Gasteiger partial charge in [0.05, 0.1) is 0 Å². The second-order valence-corrected chi connectivity index (χ2v) is 2.85. The molecule has 0 unspecified atom stereocenters. The zero-order chi connectivity index (χ0) is 9.84. The Labute approximate surface area is 76.1 Å². The summed E-state index contributed by atoms with van der Waals surface area (Å²) in [6.07, 6.45) is 0. The van der Waals surface area contributed by atoms with E-state index in [-0.39, 0.29) is 5.91 Å². The summed E-state index contributed by atoms with van der Waals surface area (Å²) in [6, 6.07) is 5.55. The van der Waals surface area contributed by atoms with Crippen molar-refractivity contribution >= 4 is 5.91 Å². The minimum atomic E-state index is -0.411. The van der Waals surface area contributed by atoms with Crippen molar-refractivity contribution < 1.29 is 9.18 Å². The van der Waals surface area contributed by atoms with Crippen LogP contribution in [0.2, 0.25) is 0 Å². The first-order chi connectivity index (χ1) is 6.09. The summed E-state index contributed by atoms with van der Waals surface area (Å²) in [5.41, 5.74) is 2.83. The summed E-state index contributed by atoms with van der Waals surface area (Å²) in [5, 5.41) is 1.51. The van der Waals surface area contributed by atoms with Crippen LogP contribution < -0.4 is 5.43 Å². The highest BCUT2D eigenvalue weighted by Crippen LogP contribution is 2.02. The lowest BCUT2D eigenvalue weighted by molar-refractivity contribution is 0.0856. The van der Waals surface area contributed by atoms with E-state index in [0.717, 1.165) is 0 Å². The van der Waals surface area contributed by atoms with Crippen molar-refractivity contribution in [2.45, 2.75) is 0 Å². The zero-order valence-electron chi connectivity index (χ0n) is 7.54. The number of hydrogen-bond donors (Lipinski definition) is 1. The smallest absolute Gasteiger partial charge is 0.265 e. The average molecular weight is 182 g/mol. The molecule has 0 bridgehead atoms. The fourth-order valence-corrected chi connectivity index (χ4v) is 0.897. The number of halogens is 1. The van der Waals surface area contributed by atoms with Gasteiger partial charge in [-0.25, -0.2) is 9.40 Å². The van der Waals surface area contributed by atoms with Crippen molar-refractivity contribution in [2.75, 3.05) is 14.1 Å². The molecule has 0 aliphatic heterocycles. The number of hydrazine groups is 1. The predicted octanol–water partition coefficient (Wildman–Crippen LogP) is 1.03. The number of rotatable bonds is 2. The number of nitrogens with zero attached hydrogens (tertiary/aromatic N) is 1. The molecule has 0 saturated heterocycles. The molecule has 3 nitrogen and oxygen atoms in total. The number of amides is 1. The van der Waals surface area contributed by atoms with Crippen LogP contribution in [0.5, 0.6) is 0 Å². The fraction of sp³-hybridized carbons (Fsp3) is 0.222. The molecule has 1 N–H and O–H groups in total. The molecular weight excluding hydrogens is 171 g/mol. The normalized spacial score (nSPS) is 10.2. The highest BCUT2D eigenvalue weighted by molar-refractivity contribution is 5.93. The topological polar surface area (TPSA) is 32.3 Å². The molecular formula is C9H11FN2O. The van der Waals surface area contributed by atoms with Crippen LogP contribution >= 0.6 is 0 Å². The largest absolute Gasteiger partial charge is 0.285 e. The van der Waals surface area contributed by atoms with E-state index >= 15 is 0 Å². The lowest BCUT2D eigenvalue weighted by atomic mass is 10.2. The quantitative estimate of drug-likeness (QED) is 0.693. The molecule has 0 aromatic heterocycles. The third-order valence-corrected chi connectivity index (χ3v) is 1.41. The lowest BCUT2D eigenvalue weighted by Crippen LogP contribution is -2.36. The highest BCUT2D eigenvalue weighted by atomic mass is 19.1. The van der Waals surface area contributed by atoms with Gasteiger partial charge in [0, 0.05) is 19.7 Å². The van der Waals surface area contributed by atoms with Gasteiger partial charge in [-0.3, -0.25) is 10.2 Å². The molecule has 0 aliphatic rings. The molecule has 1 aromatic carbocycles. The van der Waals surface area contributed by atoms with Crippen molar-refractivity contribution in [3.63, 3.8) is 0 Å². The molecule has 0 aliphatic carbocycles. The molecule has 0 radical (unpaired) electrons. The predicted molar refractivity (Wildman–Crippen MR) is 47.6 cm³/mol. The van der Waals surface area contributed by atoms with Crippen LogP contribution in [-0.4, -0.2) is 25.0 Å². The Morgan fingerprint density at radius 1 is 1.46 bits per heavy atom. The van der Waals surface area contributed by atoms with E-state index in [1.54, 1.807) is 20.2 Å². The van der Waals surface area contributed by atoms with Crippen molar-refractivity contribution in [3.05, 3.63) is 35.6 Å². The summed E-state index contributed by atoms with van der Waals surface area (Å²) in [5.74, 6) is -0.726. The Morgan fingerprint density at radius 2 is 2.15 bits per heavy atom. The van der Waals surface area contributed by atoms with Crippen LogP contribution in [0.25, 0.3) is 0 Å². The van der Waals surface area contributed by atoms with E-state index in [0.29, 0.717) is 5.56 Å². The maximum absolute atomic E-state index is 12.7. The monoisotopic (exact) mass is 182 g/mol. The molecule has 70 valence electrons. The summed E-state index contributed by atoms with van der Waals surface area (Å²) in [4.78, 5) is 11.3. The Balaban J connectivity index is 2.77. The van der Waals surface area contributed by atoms with E-state index < -0.39 is 5.82 Å². The van der Waals surface area contributed by atoms with Crippen LogP contribution in [0.4, 0.5) is 4.39 Å². The fourth-order valence-electron chi connectivity index (χ4n) is 0.897.